The first kappa shape index (κ1) is 11.3. The summed E-state index contributed by atoms with van der Waals surface area (Å²) < 4.78 is 0.840. The fourth-order valence-corrected chi connectivity index (χ4v) is 2.64. The van der Waals surface area contributed by atoms with Crippen molar-refractivity contribution in [1.82, 2.24) is 0 Å². The van der Waals surface area contributed by atoms with Gasteiger partial charge in [0.25, 0.3) is 0 Å². The third-order valence-corrected chi connectivity index (χ3v) is 3.95. The average molecular weight is 424 g/mol. The fraction of sp³-hybridized carbons (Fsp3) is 0. The van der Waals surface area contributed by atoms with Crippen LogP contribution < -0.4 is 0 Å². The van der Waals surface area contributed by atoms with Gasteiger partial charge in [-0.15, -0.1) is 0 Å². The molecule has 1 aromatic rings. The summed E-state index contributed by atoms with van der Waals surface area (Å²) in [5.41, 5.74) is 0.00765. The molecule has 6 heteroatoms. The Balaban J connectivity index is 3.50. The van der Waals surface area contributed by atoms with E-state index in [9.17, 15) is 9.90 Å². The maximum Gasteiger partial charge on any atom is 0.337 e. The topological polar surface area (TPSA) is 57.5 Å². The lowest BCUT2D eigenvalue weighted by atomic mass is 10.2. The Morgan fingerprint density at radius 3 is 2.46 bits per heavy atom. The van der Waals surface area contributed by atoms with Crippen LogP contribution in [0, 0.1) is 7.14 Å². The molecule has 0 spiro atoms. The van der Waals surface area contributed by atoms with E-state index in [1.165, 1.54) is 6.07 Å². The standard InChI is InChI=1S/C7H3ClI2O3/c8-4-2(7(12)13)1-3(9)6(11)5(4)10/h1,11H,(H,12,13). The minimum Gasteiger partial charge on any atom is -0.506 e. The summed E-state index contributed by atoms with van der Waals surface area (Å²) in [6.45, 7) is 0. The SMILES string of the molecule is O=C(O)c1cc(I)c(O)c(I)c1Cl. The molecule has 0 aliphatic carbocycles. The van der Waals surface area contributed by atoms with E-state index < -0.39 is 5.97 Å². The second-order valence-corrected chi connectivity index (χ2v) is 4.81. The van der Waals surface area contributed by atoms with Gasteiger partial charge >= 0.3 is 5.97 Å². The highest BCUT2D eigenvalue weighted by molar-refractivity contribution is 14.1. The Bertz CT molecular complexity index is 378. The summed E-state index contributed by atoms with van der Waals surface area (Å²) in [5.74, 6) is -1.07. The number of benzene rings is 1. The van der Waals surface area contributed by atoms with Crippen molar-refractivity contribution in [2.24, 2.45) is 0 Å². The highest BCUT2D eigenvalue weighted by Gasteiger charge is 2.17. The Labute approximate surface area is 106 Å². The van der Waals surface area contributed by atoms with Crippen LogP contribution >= 0.6 is 56.8 Å². The van der Waals surface area contributed by atoms with Crippen LogP contribution in [-0.2, 0) is 0 Å². The number of hydrogen-bond donors (Lipinski definition) is 2. The van der Waals surface area contributed by atoms with Crippen LogP contribution in [0.15, 0.2) is 6.07 Å². The summed E-state index contributed by atoms with van der Waals surface area (Å²) in [5, 5.41) is 18.2. The maximum atomic E-state index is 10.7. The van der Waals surface area contributed by atoms with E-state index in [0.29, 0.717) is 7.14 Å². The number of carboxylic acids is 1. The van der Waals surface area contributed by atoms with E-state index in [0.717, 1.165) is 0 Å². The lowest BCUT2D eigenvalue weighted by molar-refractivity contribution is 0.0697. The van der Waals surface area contributed by atoms with Gasteiger partial charge in [0.2, 0.25) is 0 Å². The molecule has 1 aromatic carbocycles. The van der Waals surface area contributed by atoms with Crippen molar-refractivity contribution >= 4 is 62.8 Å². The summed E-state index contributed by atoms with van der Waals surface area (Å²) in [6, 6.07) is 1.34. The van der Waals surface area contributed by atoms with Crippen molar-refractivity contribution in [1.29, 1.82) is 0 Å². The van der Waals surface area contributed by atoms with Crippen LogP contribution in [0.5, 0.6) is 5.75 Å². The highest BCUT2D eigenvalue weighted by Crippen LogP contribution is 2.34. The predicted octanol–water partition coefficient (Wildman–Crippen LogP) is 2.95. The number of phenols is 1. The molecule has 0 bridgehead atoms. The second kappa shape index (κ2) is 4.18. The zero-order valence-electron chi connectivity index (χ0n) is 6.01. The van der Waals surface area contributed by atoms with Crippen molar-refractivity contribution in [3.8, 4) is 5.75 Å². The zero-order chi connectivity index (χ0) is 10.2. The number of halogens is 3. The molecule has 0 radical (unpaired) electrons. The minimum atomic E-state index is -1.10. The van der Waals surface area contributed by atoms with Gasteiger partial charge in [0, 0.05) is 0 Å². The van der Waals surface area contributed by atoms with Gasteiger partial charge in [0.15, 0.2) is 0 Å². The summed E-state index contributed by atoms with van der Waals surface area (Å²) in [6.07, 6.45) is 0. The molecular weight excluding hydrogens is 421 g/mol. The van der Waals surface area contributed by atoms with Crippen LogP contribution in [0.2, 0.25) is 5.02 Å². The van der Waals surface area contributed by atoms with E-state index in [1.807, 2.05) is 22.6 Å². The number of carboxylic acid groups (broad SMARTS) is 1. The average Bonchev–Trinajstić information content (AvgIpc) is 2.07. The molecule has 2 N–H and O–H groups in total. The number of rotatable bonds is 1. The number of aromatic hydroxyl groups is 1. The van der Waals surface area contributed by atoms with Crippen LogP contribution in [0.4, 0.5) is 0 Å². The van der Waals surface area contributed by atoms with Gasteiger partial charge in [-0.05, 0) is 51.2 Å². The molecule has 13 heavy (non-hydrogen) atoms. The number of hydrogen-bond acceptors (Lipinski definition) is 2. The normalized spacial score (nSPS) is 10.1. The molecule has 0 aliphatic rings. The Hall–Kier alpha value is 0.240. The van der Waals surface area contributed by atoms with E-state index in [4.69, 9.17) is 16.7 Å². The van der Waals surface area contributed by atoms with Crippen LogP contribution in [0.3, 0.4) is 0 Å². The van der Waals surface area contributed by atoms with Crippen LogP contribution in [-0.4, -0.2) is 16.2 Å². The molecule has 70 valence electrons. The number of phenolic OH excluding ortho intramolecular Hbond substituents is 1. The number of aromatic carboxylic acids is 1. The summed E-state index contributed by atoms with van der Waals surface area (Å²) >= 11 is 9.37. The lowest BCUT2D eigenvalue weighted by Gasteiger charge is -2.05. The smallest absolute Gasteiger partial charge is 0.337 e. The number of carbonyl (C=O) groups is 1. The summed E-state index contributed by atoms with van der Waals surface area (Å²) in [7, 11) is 0. The van der Waals surface area contributed by atoms with E-state index in [-0.39, 0.29) is 16.3 Å². The van der Waals surface area contributed by atoms with Gasteiger partial charge in [-0.3, -0.25) is 0 Å². The zero-order valence-corrected chi connectivity index (χ0v) is 11.1. The van der Waals surface area contributed by atoms with E-state index in [2.05, 4.69) is 0 Å². The van der Waals surface area contributed by atoms with Gasteiger partial charge < -0.3 is 10.2 Å². The van der Waals surface area contributed by atoms with Crippen LogP contribution in [0.25, 0.3) is 0 Å². The molecule has 3 nitrogen and oxygen atoms in total. The van der Waals surface area contributed by atoms with Gasteiger partial charge in [-0.2, -0.15) is 0 Å². The van der Waals surface area contributed by atoms with Crippen molar-refractivity contribution in [3.63, 3.8) is 0 Å². The van der Waals surface area contributed by atoms with Gasteiger partial charge in [0.1, 0.15) is 5.75 Å². The van der Waals surface area contributed by atoms with Gasteiger partial charge in [-0.25, -0.2) is 4.79 Å². The molecule has 0 amide bonds. The first-order valence-corrected chi connectivity index (χ1v) is 5.58. The van der Waals surface area contributed by atoms with Gasteiger partial charge in [-0.1, -0.05) is 11.6 Å². The van der Waals surface area contributed by atoms with Crippen molar-refractivity contribution < 1.29 is 15.0 Å². The monoisotopic (exact) mass is 424 g/mol. The first-order chi connectivity index (χ1) is 5.95. The summed E-state index contributed by atoms with van der Waals surface area (Å²) in [4.78, 5) is 10.7. The molecular formula is C7H3ClI2O3. The molecule has 1 rings (SSSR count). The molecule has 0 aromatic heterocycles. The molecule has 0 saturated carbocycles. The molecule has 0 heterocycles. The Kier molecular flexibility index (Phi) is 3.64. The predicted molar refractivity (Wildman–Crippen MR) is 65.5 cm³/mol. The fourth-order valence-electron chi connectivity index (χ4n) is 0.741. The Morgan fingerprint density at radius 1 is 1.46 bits per heavy atom. The molecule has 0 atom stereocenters. The lowest BCUT2D eigenvalue weighted by Crippen LogP contribution is -2.00. The molecule has 0 saturated heterocycles. The largest absolute Gasteiger partial charge is 0.506 e. The molecule has 0 unspecified atom stereocenters. The van der Waals surface area contributed by atoms with E-state index in [1.54, 1.807) is 22.6 Å². The van der Waals surface area contributed by atoms with E-state index >= 15 is 0 Å². The van der Waals surface area contributed by atoms with Crippen molar-refractivity contribution in [2.45, 2.75) is 0 Å². The first-order valence-electron chi connectivity index (χ1n) is 3.05. The third-order valence-electron chi connectivity index (χ3n) is 1.36. The minimum absolute atomic E-state index is 0.00765. The molecule has 0 fully saturated rings. The second-order valence-electron chi connectivity index (χ2n) is 2.19. The van der Waals surface area contributed by atoms with Crippen molar-refractivity contribution in [2.75, 3.05) is 0 Å². The van der Waals surface area contributed by atoms with Crippen molar-refractivity contribution in [3.05, 3.63) is 23.8 Å². The third kappa shape index (κ3) is 2.18. The van der Waals surface area contributed by atoms with Crippen LogP contribution in [0.1, 0.15) is 10.4 Å². The molecule has 0 aliphatic heterocycles. The maximum absolute atomic E-state index is 10.7. The highest BCUT2D eigenvalue weighted by atomic mass is 127. The van der Waals surface area contributed by atoms with Gasteiger partial charge in [0.05, 0.1) is 17.7 Å². The quantitative estimate of drug-likeness (QED) is 0.539. The Morgan fingerprint density at radius 2 is 2.00 bits per heavy atom.